The normalized spacial score (nSPS) is 11.1. The van der Waals surface area contributed by atoms with Crippen molar-refractivity contribution in [3.8, 4) is 0 Å². The molecule has 1 nitrogen and oxygen atoms in total. The molecule has 0 saturated heterocycles. The summed E-state index contributed by atoms with van der Waals surface area (Å²) in [5, 5.41) is 0. The topological polar surface area (TPSA) is 0 Å². The Morgan fingerprint density at radius 3 is 1.67 bits per heavy atom. The minimum absolute atomic E-state index is 0. The molecule has 0 aromatic heterocycles. The maximum absolute atomic E-state index is 2.32. The number of aryl methyl sites for hydroxylation is 1. The zero-order valence-electron chi connectivity index (χ0n) is 10.5. The van der Waals surface area contributed by atoms with Crippen LogP contribution in [0.1, 0.15) is 22.3 Å². The molecule has 0 heterocycles. The van der Waals surface area contributed by atoms with Gasteiger partial charge in [0, 0.05) is 11.6 Å². The Balaban J connectivity index is 0.00000196. The number of rotatable bonds is 1. The molecule has 2 heteroatoms. The van der Waals surface area contributed by atoms with Gasteiger partial charge in [-0.25, -0.2) is 0 Å². The summed E-state index contributed by atoms with van der Waals surface area (Å²) in [6.07, 6.45) is 0. The Bertz CT molecular complexity index is 362. The monoisotopic (exact) mass is 316 g/mol. The van der Waals surface area contributed by atoms with Crippen LogP contribution >= 0.6 is 0 Å². The van der Waals surface area contributed by atoms with Crippen LogP contribution in [0.4, 0.5) is 5.69 Å². The van der Waals surface area contributed by atoms with Gasteiger partial charge in [0.1, 0.15) is 5.69 Å². The van der Waals surface area contributed by atoms with Gasteiger partial charge in [0.15, 0.2) is 0 Å². The van der Waals surface area contributed by atoms with Gasteiger partial charge >= 0.3 is 23.9 Å². The molecule has 15 heavy (non-hydrogen) atoms. The molecule has 0 spiro atoms. The Morgan fingerprint density at radius 1 is 0.800 bits per heavy atom. The molecule has 0 fully saturated rings. The van der Waals surface area contributed by atoms with Crippen molar-refractivity contribution in [2.45, 2.75) is 27.7 Å². The van der Waals surface area contributed by atoms with Crippen molar-refractivity contribution >= 4 is 29.6 Å². The molecule has 0 atom stereocenters. The summed E-state index contributed by atoms with van der Waals surface area (Å²) in [5.41, 5.74) is 7.12. The molecule has 86 valence electrons. The Hall–Kier alpha value is -0.0213. The van der Waals surface area contributed by atoms with Crippen LogP contribution in [0.3, 0.4) is 0 Å². The molecule has 1 aromatic rings. The van der Waals surface area contributed by atoms with Crippen LogP contribution in [-0.4, -0.2) is 45.1 Å². The van der Waals surface area contributed by atoms with Gasteiger partial charge in [-0.3, -0.25) is 4.48 Å². The third kappa shape index (κ3) is 2.97. The number of quaternary nitrogens is 1. The number of hydrogen-bond donors (Lipinski definition) is 0. The van der Waals surface area contributed by atoms with Gasteiger partial charge in [-0.1, -0.05) is 0 Å². The molecule has 0 saturated carbocycles. The van der Waals surface area contributed by atoms with Crippen LogP contribution in [0, 0.1) is 27.7 Å². The van der Waals surface area contributed by atoms with Gasteiger partial charge < -0.3 is 0 Å². The SMILES string of the molecule is Cc1cc([N+](C)(C)C)c(C)c(C)c1C.[SnH4]. The van der Waals surface area contributed by atoms with E-state index in [0.29, 0.717) is 0 Å². The predicted molar refractivity (Wildman–Crippen MR) is 76.3 cm³/mol. The van der Waals surface area contributed by atoms with E-state index in [9.17, 15) is 0 Å². The van der Waals surface area contributed by atoms with Crippen molar-refractivity contribution in [1.82, 2.24) is 4.48 Å². The molecule has 1 rings (SSSR count). The van der Waals surface area contributed by atoms with Crippen LogP contribution < -0.4 is 4.48 Å². The van der Waals surface area contributed by atoms with Crippen LogP contribution in [-0.2, 0) is 0 Å². The van der Waals surface area contributed by atoms with Crippen molar-refractivity contribution in [3.63, 3.8) is 0 Å². The number of benzene rings is 1. The van der Waals surface area contributed by atoms with Crippen LogP contribution in [0.15, 0.2) is 6.07 Å². The number of hydrogen-bond acceptors (Lipinski definition) is 0. The molecule has 0 amide bonds. The van der Waals surface area contributed by atoms with E-state index in [2.05, 4.69) is 54.9 Å². The van der Waals surface area contributed by atoms with E-state index in [-0.39, 0.29) is 23.9 Å². The van der Waals surface area contributed by atoms with Gasteiger partial charge in [0.05, 0.1) is 21.1 Å². The molecule has 0 radical (unpaired) electrons. The van der Waals surface area contributed by atoms with E-state index in [4.69, 9.17) is 0 Å². The summed E-state index contributed by atoms with van der Waals surface area (Å²) in [7, 11) is 6.66. The van der Waals surface area contributed by atoms with Crippen LogP contribution in [0.5, 0.6) is 0 Å². The van der Waals surface area contributed by atoms with E-state index >= 15 is 0 Å². The Labute approximate surface area is 111 Å². The maximum atomic E-state index is 2.32. The molecule has 0 N–H and O–H groups in total. The fourth-order valence-electron chi connectivity index (χ4n) is 1.89. The molecule has 0 bridgehead atoms. The first-order valence-electron chi connectivity index (χ1n) is 5.14. The van der Waals surface area contributed by atoms with E-state index < -0.39 is 0 Å². The summed E-state index contributed by atoms with van der Waals surface area (Å²) in [6.45, 7) is 8.84. The molecule has 0 unspecified atom stereocenters. The predicted octanol–water partition coefficient (Wildman–Crippen LogP) is 1.67. The van der Waals surface area contributed by atoms with E-state index in [1.807, 2.05) is 0 Å². The molecule has 1 aromatic carbocycles. The van der Waals surface area contributed by atoms with E-state index in [0.717, 1.165) is 4.48 Å². The summed E-state index contributed by atoms with van der Waals surface area (Å²) < 4.78 is 0.897. The van der Waals surface area contributed by atoms with E-state index in [1.54, 1.807) is 0 Å². The fourth-order valence-corrected chi connectivity index (χ4v) is 1.89. The first-order valence-corrected chi connectivity index (χ1v) is 5.14. The third-order valence-corrected chi connectivity index (χ3v) is 3.18. The van der Waals surface area contributed by atoms with Gasteiger partial charge in [-0.05, 0) is 44.4 Å². The summed E-state index contributed by atoms with van der Waals surface area (Å²) in [5.74, 6) is 0. The van der Waals surface area contributed by atoms with Crippen molar-refractivity contribution in [1.29, 1.82) is 0 Å². The average molecular weight is 315 g/mol. The second-order valence-corrected chi connectivity index (χ2v) is 5.10. The van der Waals surface area contributed by atoms with Crippen molar-refractivity contribution in [3.05, 3.63) is 28.3 Å². The molecular weight excluding hydrogens is 289 g/mol. The Morgan fingerprint density at radius 2 is 1.27 bits per heavy atom. The van der Waals surface area contributed by atoms with Gasteiger partial charge in [-0.15, -0.1) is 0 Å². The van der Waals surface area contributed by atoms with Crippen molar-refractivity contribution in [2.24, 2.45) is 0 Å². The number of nitrogens with zero attached hydrogens (tertiary/aromatic N) is 1. The van der Waals surface area contributed by atoms with Gasteiger partial charge in [0.25, 0.3) is 0 Å². The first-order chi connectivity index (χ1) is 6.25. The average Bonchev–Trinajstić information content (AvgIpc) is 2.06. The molecule has 0 aliphatic carbocycles. The quantitative estimate of drug-likeness (QED) is 0.546. The zero-order chi connectivity index (χ0) is 11.1. The van der Waals surface area contributed by atoms with Crippen molar-refractivity contribution < 1.29 is 0 Å². The second kappa shape index (κ2) is 4.87. The van der Waals surface area contributed by atoms with Crippen molar-refractivity contribution in [2.75, 3.05) is 21.1 Å². The molecular formula is C13H26NSn+. The first kappa shape index (κ1) is 15.0. The fraction of sp³-hybridized carbons (Fsp3) is 0.538. The Kier molecular flexibility index (Phi) is 4.87. The zero-order valence-corrected chi connectivity index (χ0v) is 10.5. The van der Waals surface area contributed by atoms with Crippen LogP contribution in [0.25, 0.3) is 0 Å². The van der Waals surface area contributed by atoms with Crippen LogP contribution in [0.2, 0.25) is 0 Å². The summed E-state index contributed by atoms with van der Waals surface area (Å²) in [6, 6.07) is 2.32. The minimum atomic E-state index is 0. The van der Waals surface area contributed by atoms with E-state index in [1.165, 1.54) is 27.9 Å². The standard InChI is InChI=1S/C13H22N.Sn.4H/c1-9-8-13(14(5,6)7)12(4)11(3)10(9)2;;;;;/h8H,1-7H3;;;;;/q+1;;;;;. The molecule has 0 aliphatic heterocycles. The third-order valence-electron chi connectivity index (χ3n) is 3.18. The van der Waals surface area contributed by atoms with Gasteiger partial charge in [-0.2, -0.15) is 0 Å². The summed E-state index contributed by atoms with van der Waals surface area (Å²) in [4.78, 5) is 0. The second-order valence-electron chi connectivity index (χ2n) is 5.10. The summed E-state index contributed by atoms with van der Waals surface area (Å²) >= 11 is 0. The van der Waals surface area contributed by atoms with Gasteiger partial charge in [0.2, 0.25) is 0 Å². The molecule has 0 aliphatic rings.